The molecule has 0 unspecified atom stereocenters. The van der Waals surface area contributed by atoms with E-state index in [0.717, 1.165) is 0 Å². The lowest BCUT2D eigenvalue weighted by atomic mass is 10.2. The predicted octanol–water partition coefficient (Wildman–Crippen LogP) is 2.06. The Morgan fingerprint density at radius 3 is 2.50 bits per heavy atom. The fraction of sp³-hybridized carbons (Fsp3) is 0.400. The van der Waals surface area contributed by atoms with Gasteiger partial charge in [0.15, 0.2) is 5.03 Å². The molecule has 8 heteroatoms. The van der Waals surface area contributed by atoms with Gasteiger partial charge in [-0.15, -0.1) is 0 Å². The van der Waals surface area contributed by atoms with E-state index in [4.69, 9.17) is 4.74 Å². The van der Waals surface area contributed by atoms with Crippen LogP contribution in [0.4, 0.5) is 4.79 Å². The molecule has 1 aromatic rings. The monoisotopic (exact) mass is 336 g/mol. The summed E-state index contributed by atoms with van der Waals surface area (Å²) in [6, 6.07) is 4.35. The molecule has 18 heavy (non-hydrogen) atoms. The van der Waals surface area contributed by atoms with Gasteiger partial charge in [-0.2, -0.15) is 8.42 Å². The number of halogens is 1. The average molecular weight is 337 g/mol. The number of sulfonamides is 1. The van der Waals surface area contributed by atoms with Crippen LogP contribution in [0.15, 0.2) is 27.8 Å². The number of aromatic nitrogens is 1. The minimum absolute atomic E-state index is 0.261. The fourth-order valence-electron chi connectivity index (χ4n) is 1.00. The largest absolute Gasteiger partial charge is 0.443 e. The molecule has 1 amide bonds. The molecule has 0 bridgehead atoms. The summed E-state index contributed by atoms with van der Waals surface area (Å²) in [6.45, 7) is 4.91. The second kappa shape index (κ2) is 5.23. The van der Waals surface area contributed by atoms with Crippen LogP contribution in [0.3, 0.4) is 0 Å². The quantitative estimate of drug-likeness (QED) is 0.835. The molecule has 6 nitrogen and oxygen atoms in total. The number of nitrogens with zero attached hydrogens (tertiary/aromatic N) is 1. The van der Waals surface area contributed by atoms with Crippen molar-refractivity contribution in [2.75, 3.05) is 0 Å². The molecule has 0 radical (unpaired) electrons. The van der Waals surface area contributed by atoms with Crippen molar-refractivity contribution in [1.29, 1.82) is 0 Å². The lowest BCUT2D eigenvalue weighted by Crippen LogP contribution is -2.36. The van der Waals surface area contributed by atoms with Crippen molar-refractivity contribution in [3.63, 3.8) is 0 Å². The number of carbonyl (C=O) groups is 1. The third-order valence-electron chi connectivity index (χ3n) is 1.58. The topological polar surface area (TPSA) is 85.4 Å². The van der Waals surface area contributed by atoms with Crippen molar-refractivity contribution in [3.05, 3.63) is 22.8 Å². The Kier molecular flexibility index (Phi) is 4.33. The molecular formula is C10H13BrN2O4S. The summed E-state index contributed by atoms with van der Waals surface area (Å²) in [5, 5.41) is -0.261. The summed E-state index contributed by atoms with van der Waals surface area (Å²) in [4.78, 5) is 15.1. The van der Waals surface area contributed by atoms with Gasteiger partial charge in [-0.05, 0) is 48.8 Å². The van der Waals surface area contributed by atoms with Crippen LogP contribution in [-0.4, -0.2) is 25.1 Å². The van der Waals surface area contributed by atoms with Gasteiger partial charge in [0.1, 0.15) is 10.2 Å². The highest BCUT2D eigenvalue weighted by Gasteiger charge is 2.23. The minimum atomic E-state index is -4.02. The van der Waals surface area contributed by atoms with Gasteiger partial charge < -0.3 is 4.74 Å². The Hall–Kier alpha value is -1.15. The number of pyridine rings is 1. The highest BCUT2D eigenvalue weighted by molar-refractivity contribution is 9.10. The Morgan fingerprint density at radius 2 is 2.00 bits per heavy atom. The van der Waals surface area contributed by atoms with E-state index in [0.29, 0.717) is 4.60 Å². The van der Waals surface area contributed by atoms with Gasteiger partial charge in [0.05, 0.1) is 0 Å². The summed E-state index contributed by atoms with van der Waals surface area (Å²) < 4.78 is 30.6. The Labute approximate surface area is 114 Å². The lowest BCUT2D eigenvalue weighted by Gasteiger charge is -2.19. The Balaban J connectivity index is 2.87. The minimum Gasteiger partial charge on any atom is -0.443 e. The van der Waals surface area contributed by atoms with Crippen LogP contribution in [0.25, 0.3) is 0 Å². The summed E-state index contributed by atoms with van der Waals surface area (Å²) in [5.74, 6) is 0. The van der Waals surface area contributed by atoms with Gasteiger partial charge >= 0.3 is 6.09 Å². The third-order valence-corrected chi connectivity index (χ3v) is 3.24. The second-order valence-corrected chi connectivity index (χ2v) is 6.85. The smallest absolute Gasteiger partial charge is 0.421 e. The van der Waals surface area contributed by atoms with Crippen molar-refractivity contribution in [1.82, 2.24) is 9.71 Å². The van der Waals surface area contributed by atoms with Crippen LogP contribution in [0.2, 0.25) is 0 Å². The molecule has 0 aliphatic carbocycles. The van der Waals surface area contributed by atoms with E-state index >= 15 is 0 Å². The Bertz CT molecular complexity index is 551. The third kappa shape index (κ3) is 4.61. The second-order valence-electron chi connectivity index (χ2n) is 4.41. The molecule has 0 saturated heterocycles. The number of carbonyl (C=O) groups excluding carboxylic acids is 1. The molecular weight excluding hydrogens is 324 g/mol. The van der Waals surface area contributed by atoms with Crippen LogP contribution in [-0.2, 0) is 14.8 Å². The first kappa shape index (κ1) is 14.9. The summed E-state index contributed by atoms with van der Waals surface area (Å²) in [7, 11) is -4.02. The number of ether oxygens (including phenoxy) is 1. The standard InChI is InChI=1S/C10H13BrN2O4S/c1-10(2,3)17-9(14)13-18(15,16)8-6-4-5-7(11)12-8/h4-6H,1-3H3,(H,13,14). The van der Waals surface area contributed by atoms with Crippen LogP contribution in [0.1, 0.15) is 20.8 Å². The van der Waals surface area contributed by atoms with Gasteiger partial charge in [0, 0.05) is 0 Å². The molecule has 0 fully saturated rings. The van der Waals surface area contributed by atoms with Gasteiger partial charge in [0.2, 0.25) is 0 Å². The van der Waals surface area contributed by atoms with Crippen molar-refractivity contribution in [2.45, 2.75) is 31.4 Å². The zero-order valence-electron chi connectivity index (χ0n) is 10.1. The van der Waals surface area contributed by atoms with E-state index in [1.54, 1.807) is 31.6 Å². The van der Waals surface area contributed by atoms with Crippen LogP contribution in [0.5, 0.6) is 0 Å². The number of rotatable bonds is 2. The van der Waals surface area contributed by atoms with E-state index in [1.165, 1.54) is 12.1 Å². The average Bonchev–Trinajstić information content (AvgIpc) is 2.13. The number of hydrogen-bond donors (Lipinski definition) is 1. The number of nitrogens with one attached hydrogen (secondary N) is 1. The van der Waals surface area contributed by atoms with E-state index in [2.05, 4.69) is 20.9 Å². The zero-order valence-corrected chi connectivity index (χ0v) is 12.5. The van der Waals surface area contributed by atoms with E-state index in [1.807, 2.05) is 0 Å². The highest BCUT2D eigenvalue weighted by atomic mass is 79.9. The van der Waals surface area contributed by atoms with Gasteiger partial charge in [-0.25, -0.2) is 14.5 Å². The maximum atomic E-state index is 11.8. The summed E-state index contributed by atoms with van der Waals surface area (Å²) in [6.07, 6.45) is -1.04. The molecule has 0 saturated carbocycles. The lowest BCUT2D eigenvalue weighted by molar-refractivity contribution is 0.0570. The van der Waals surface area contributed by atoms with Gasteiger partial charge in [-0.1, -0.05) is 6.07 Å². The first-order valence-electron chi connectivity index (χ1n) is 4.98. The molecule has 0 aliphatic rings. The Morgan fingerprint density at radius 1 is 1.39 bits per heavy atom. The van der Waals surface area contributed by atoms with Crippen molar-refractivity contribution in [3.8, 4) is 0 Å². The molecule has 0 aromatic carbocycles. The molecule has 1 N–H and O–H groups in total. The fourth-order valence-corrected chi connectivity index (χ4v) is 2.30. The first-order valence-corrected chi connectivity index (χ1v) is 7.26. The molecule has 0 spiro atoms. The number of amides is 1. The maximum Gasteiger partial charge on any atom is 0.421 e. The number of hydrogen-bond acceptors (Lipinski definition) is 5. The predicted molar refractivity (Wildman–Crippen MR) is 68.5 cm³/mol. The summed E-state index contributed by atoms with van der Waals surface area (Å²) >= 11 is 3.05. The SMILES string of the molecule is CC(C)(C)OC(=O)NS(=O)(=O)c1cccc(Br)n1. The van der Waals surface area contributed by atoms with Gasteiger partial charge in [-0.3, -0.25) is 0 Å². The molecule has 0 atom stereocenters. The van der Waals surface area contributed by atoms with Crippen molar-refractivity contribution < 1.29 is 17.9 Å². The zero-order chi connectivity index (χ0) is 14.0. The molecule has 1 aromatic heterocycles. The summed E-state index contributed by atoms with van der Waals surface area (Å²) in [5.41, 5.74) is -0.774. The molecule has 1 rings (SSSR count). The normalized spacial score (nSPS) is 12.0. The molecule has 100 valence electrons. The van der Waals surface area contributed by atoms with Crippen LogP contribution < -0.4 is 4.72 Å². The first-order chi connectivity index (χ1) is 8.10. The van der Waals surface area contributed by atoms with E-state index in [9.17, 15) is 13.2 Å². The van der Waals surface area contributed by atoms with Gasteiger partial charge in [0.25, 0.3) is 10.0 Å². The maximum absolute atomic E-state index is 11.8. The highest BCUT2D eigenvalue weighted by Crippen LogP contribution is 2.12. The molecule has 1 heterocycles. The van der Waals surface area contributed by atoms with E-state index in [-0.39, 0.29) is 5.03 Å². The van der Waals surface area contributed by atoms with Crippen LogP contribution in [0, 0.1) is 0 Å². The van der Waals surface area contributed by atoms with Crippen molar-refractivity contribution in [2.24, 2.45) is 0 Å². The van der Waals surface area contributed by atoms with Crippen LogP contribution >= 0.6 is 15.9 Å². The van der Waals surface area contributed by atoms with Crippen molar-refractivity contribution >= 4 is 32.0 Å². The molecule has 0 aliphatic heterocycles. The van der Waals surface area contributed by atoms with E-state index < -0.39 is 21.7 Å².